The van der Waals surface area contributed by atoms with E-state index < -0.39 is 17.9 Å². The van der Waals surface area contributed by atoms with Crippen molar-refractivity contribution in [2.45, 2.75) is 20.3 Å². The summed E-state index contributed by atoms with van der Waals surface area (Å²) in [7, 11) is 1.60. The number of aliphatic imine (C=N–C) groups is 2. The highest BCUT2D eigenvalue weighted by molar-refractivity contribution is 8.14. The van der Waals surface area contributed by atoms with Crippen LogP contribution in [0, 0.1) is 5.92 Å². The second kappa shape index (κ2) is 10.6. The molecule has 2 rings (SSSR count). The fourth-order valence-corrected chi connectivity index (χ4v) is 3.58. The fraction of sp³-hybridized carbons (Fsp3) is 0.421. The Hall–Kier alpha value is -2.68. The minimum absolute atomic E-state index is 0.0290. The molecule has 1 heterocycles. The lowest BCUT2D eigenvalue weighted by Crippen LogP contribution is -2.35. The number of thioether (sulfide) groups is 1. The number of nitrogens with one attached hydrogen (secondary N) is 1. The number of ether oxygens (including phenoxy) is 2. The maximum Gasteiger partial charge on any atom is 0.367 e. The maximum absolute atomic E-state index is 12.1. The number of carbonyl (C=O) groups is 3. The van der Waals surface area contributed by atoms with E-state index in [1.54, 1.807) is 21.0 Å². The van der Waals surface area contributed by atoms with Gasteiger partial charge in [-0.15, -0.1) is 0 Å². The van der Waals surface area contributed by atoms with Crippen molar-refractivity contribution in [1.29, 1.82) is 0 Å². The van der Waals surface area contributed by atoms with Gasteiger partial charge in [0.2, 0.25) is 5.91 Å². The summed E-state index contributed by atoms with van der Waals surface area (Å²) in [5.74, 6) is -0.796. The highest BCUT2D eigenvalue weighted by atomic mass is 32.2. The van der Waals surface area contributed by atoms with Crippen molar-refractivity contribution in [3.63, 3.8) is 0 Å². The molecule has 0 aliphatic carbocycles. The lowest BCUT2D eigenvalue weighted by molar-refractivity contribution is -0.143. The molecule has 1 atom stereocenters. The third kappa shape index (κ3) is 5.91. The van der Waals surface area contributed by atoms with E-state index in [4.69, 9.17) is 9.47 Å². The third-order valence-electron chi connectivity index (χ3n) is 3.93. The van der Waals surface area contributed by atoms with Crippen LogP contribution in [0.3, 0.4) is 0 Å². The van der Waals surface area contributed by atoms with Crippen molar-refractivity contribution in [2.24, 2.45) is 15.9 Å². The van der Waals surface area contributed by atoms with Gasteiger partial charge in [-0.1, -0.05) is 30.0 Å². The number of hydrogen-bond acceptors (Lipinski definition) is 6. The van der Waals surface area contributed by atoms with E-state index in [2.05, 4.69) is 15.3 Å². The van der Waals surface area contributed by atoms with Gasteiger partial charge in [-0.05, 0) is 31.9 Å². The number of nitrogens with zero attached hydrogens (tertiary/aromatic N) is 2. The zero-order valence-electron chi connectivity index (χ0n) is 16.1. The topological polar surface area (TPSA) is 106 Å². The first-order valence-electron chi connectivity index (χ1n) is 8.82. The molecule has 3 amide bonds. The van der Waals surface area contributed by atoms with Crippen molar-refractivity contribution in [3.8, 4) is 5.75 Å². The Labute approximate surface area is 167 Å². The average molecular weight is 405 g/mol. The van der Waals surface area contributed by atoms with Crippen molar-refractivity contribution in [3.05, 3.63) is 29.8 Å². The van der Waals surface area contributed by atoms with Gasteiger partial charge in [-0.3, -0.25) is 9.59 Å². The summed E-state index contributed by atoms with van der Waals surface area (Å²) in [6.45, 7) is 3.91. The summed E-state index contributed by atoms with van der Waals surface area (Å²) < 4.78 is 10.3. The van der Waals surface area contributed by atoms with E-state index in [0.717, 1.165) is 23.1 Å². The molecule has 150 valence electrons. The van der Waals surface area contributed by atoms with Crippen molar-refractivity contribution >= 4 is 40.4 Å². The number of para-hydroxylation sites is 1. The SMILES string of the molecule is CCOC(=O)C1C(C)=NC(=O)N=C1SCC(=O)NCCc1ccccc1OC. The fourth-order valence-electron chi connectivity index (χ4n) is 2.63. The van der Waals surface area contributed by atoms with Crippen LogP contribution < -0.4 is 10.1 Å². The van der Waals surface area contributed by atoms with E-state index in [-0.39, 0.29) is 23.3 Å². The van der Waals surface area contributed by atoms with Crippen LogP contribution in [0.25, 0.3) is 0 Å². The molecule has 1 N–H and O–H groups in total. The van der Waals surface area contributed by atoms with Crippen molar-refractivity contribution < 1.29 is 23.9 Å². The quantitative estimate of drug-likeness (QED) is 0.665. The van der Waals surface area contributed by atoms with Crippen LogP contribution in [0.15, 0.2) is 34.3 Å². The molecule has 0 spiro atoms. The summed E-state index contributed by atoms with van der Waals surface area (Å²) in [5.41, 5.74) is 1.31. The first-order valence-corrected chi connectivity index (χ1v) is 9.80. The number of urea groups is 1. The molecule has 0 bridgehead atoms. The van der Waals surface area contributed by atoms with Gasteiger partial charge in [0.15, 0.2) is 0 Å². The monoisotopic (exact) mass is 405 g/mol. The highest BCUT2D eigenvalue weighted by Crippen LogP contribution is 2.21. The van der Waals surface area contributed by atoms with Crippen molar-refractivity contribution in [2.75, 3.05) is 26.0 Å². The summed E-state index contributed by atoms with van der Waals surface area (Å²) in [4.78, 5) is 43.4. The van der Waals surface area contributed by atoms with Crippen LogP contribution in [0.4, 0.5) is 4.79 Å². The first-order chi connectivity index (χ1) is 13.5. The molecule has 1 unspecified atom stereocenters. The van der Waals surface area contributed by atoms with Crippen LogP contribution in [0.2, 0.25) is 0 Å². The predicted molar refractivity (Wildman–Crippen MR) is 108 cm³/mol. The van der Waals surface area contributed by atoms with E-state index in [9.17, 15) is 14.4 Å². The molecule has 0 saturated carbocycles. The van der Waals surface area contributed by atoms with Crippen LogP contribution >= 0.6 is 11.8 Å². The predicted octanol–water partition coefficient (Wildman–Crippen LogP) is 2.26. The van der Waals surface area contributed by atoms with E-state index in [0.29, 0.717) is 18.7 Å². The molecule has 28 heavy (non-hydrogen) atoms. The Morgan fingerprint density at radius 1 is 1.25 bits per heavy atom. The number of benzene rings is 1. The Morgan fingerprint density at radius 2 is 2.00 bits per heavy atom. The van der Waals surface area contributed by atoms with Crippen LogP contribution in [0.5, 0.6) is 5.75 Å². The Balaban J connectivity index is 1.88. The molecule has 9 heteroatoms. The smallest absolute Gasteiger partial charge is 0.367 e. The van der Waals surface area contributed by atoms with Gasteiger partial charge < -0.3 is 14.8 Å². The number of rotatable bonds is 8. The minimum Gasteiger partial charge on any atom is -0.496 e. The summed E-state index contributed by atoms with van der Waals surface area (Å²) in [5, 5.41) is 3.04. The molecule has 0 saturated heterocycles. The standard InChI is InChI=1S/C19H23N3O5S/c1-4-27-18(24)16-12(2)21-19(25)22-17(16)28-11-15(23)20-10-9-13-7-5-6-8-14(13)26-3/h5-8,16H,4,9-11H2,1-3H3,(H,20,23). The van der Waals surface area contributed by atoms with E-state index in [1.807, 2.05) is 24.3 Å². The molecular weight excluding hydrogens is 382 g/mol. The zero-order valence-corrected chi connectivity index (χ0v) is 16.9. The largest absolute Gasteiger partial charge is 0.496 e. The van der Waals surface area contributed by atoms with E-state index >= 15 is 0 Å². The summed E-state index contributed by atoms with van der Waals surface area (Å²) >= 11 is 1.04. The molecule has 0 fully saturated rings. The molecule has 1 aliphatic rings. The van der Waals surface area contributed by atoms with Gasteiger partial charge in [0.1, 0.15) is 11.7 Å². The Kier molecular flexibility index (Phi) is 8.19. The Bertz CT molecular complexity index is 807. The first kappa shape index (κ1) is 21.6. The molecule has 1 aliphatic heterocycles. The summed E-state index contributed by atoms with van der Waals surface area (Å²) in [6.07, 6.45) is 0.622. The third-order valence-corrected chi connectivity index (χ3v) is 4.95. The normalized spacial score (nSPS) is 16.1. The lowest BCUT2D eigenvalue weighted by Gasteiger charge is -2.19. The number of amides is 3. The maximum atomic E-state index is 12.1. The van der Waals surface area contributed by atoms with Gasteiger partial charge >= 0.3 is 12.0 Å². The molecule has 1 aromatic rings. The average Bonchev–Trinajstić information content (AvgIpc) is 2.66. The minimum atomic E-state index is -0.843. The number of carbonyl (C=O) groups excluding carboxylic acids is 3. The molecule has 0 aromatic heterocycles. The molecule has 8 nitrogen and oxygen atoms in total. The lowest BCUT2D eigenvalue weighted by atomic mass is 10.1. The molecule has 0 radical (unpaired) electrons. The van der Waals surface area contributed by atoms with Gasteiger partial charge in [0.05, 0.1) is 24.5 Å². The second-order valence-corrected chi connectivity index (χ2v) is 6.87. The zero-order chi connectivity index (χ0) is 20.5. The van der Waals surface area contributed by atoms with Gasteiger partial charge in [0.25, 0.3) is 0 Å². The van der Waals surface area contributed by atoms with Gasteiger partial charge in [0, 0.05) is 12.3 Å². The molecular formula is C19H23N3O5S. The van der Waals surface area contributed by atoms with Gasteiger partial charge in [-0.2, -0.15) is 9.98 Å². The Morgan fingerprint density at radius 3 is 2.71 bits per heavy atom. The highest BCUT2D eigenvalue weighted by Gasteiger charge is 2.33. The molecule has 1 aromatic carbocycles. The van der Waals surface area contributed by atoms with Crippen molar-refractivity contribution in [1.82, 2.24) is 5.32 Å². The van der Waals surface area contributed by atoms with Gasteiger partial charge in [-0.25, -0.2) is 4.79 Å². The van der Waals surface area contributed by atoms with Crippen LogP contribution in [-0.2, 0) is 20.7 Å². The van der Waals surface area contributed by atoms with Crippen LogP contribution in [0.1, 0.15) is 19.4 Å². The second-order valence-electron chi connectivity index (χ2n) is 5.87. The number of esters is 1. The van der Waals surface area contributed by atoms with Crippen LogP contribution in [-0.4, -0.2) is 54.7 Å². The number of methoxy groups -OCH3 is 1. The van der Waals surface area contributed by atoms with E-state index in [1.165, 1.54) is 0 Å². The number of hydrogen-bond donors (Lipinski definition) is 1. The summed E-state index contributed by atoms with van der Waals surface area (Å²) in [6, 6.07) is 6.91.